The summed E-state index contributed by atoms with van der Waals surface area (Å²) in [5.74, 6) is -0.124. The van der Waals surface area contributed by atoms with Crippen LogP contribution in [0.2, 0.25) is 0 Å². The van der Waals surface area contributed by atoms with Crippen LogP contribution in [0.1, 0.15) is 23.7 Å². The van der Waals surface area contributed by atoms with E-state index in [4.69, 9.17) is 10.5 Å². The fraction of sp³-hybridized carbons (Fsp3) is 0.417. The molecule has 0 aliphatic heterocycles. The summed E-state index contributed by atoms with van der Waals surface area (Å²) in [5, 5.41) is 2.89. The average Bonchev–Trinajstić information content (AvgIpc) is 2.25. The minimum Gasteiger partial charge on any atom is -0.399 e. The Balaban J connectivity index is 2.63. The van der Waals surface area contributed by atoms with Crippen molar-refractivity contribution < 1.29 is 9.53 Å². The standard InChI is InChI=1S/C12H17BrN2O2/c1-8(3-4-17-2)15-12(16)9-5-10(13)7-11(14)6-9/h5-8H,3-4,14H2,1-2H3,(H,15,16). The van der Waals surface area contributed by atoms with Gasteiger partial charge < -0.3 is 15.8 Å². The second kappa shape index (κ2) is 6.61. The maximum Gasteiger partial charge on any atom is 0.251 e. The number of hydrogen-bond donors (Lipinski definition) is 2. The minimum absolute atomic E-state index is 0.0719. The van der Waals surface area contributed by atoms with E-state index in [1.54, 1.807) is 25.3 Å². The first-order valence-electron chi connectivity index (χ1n) is 5.39. The number of carbonyl (C=O) groups excluding carboxylic acids is 1. The number of rotatable bonds is 5. The molecule has 1 rings (SSSR count). The summed E-state index contributed by atoms with van der Waals surface area (Å²) in [4.78, 5) is 11.9. The van der Waals surface area contributed by atoms with Crippen LogP contribution in [-0.2, 0) is 4.74 Å². The predicted molar refractivity (Wildman–Crippen MR) is 72.0 cm³/mol. The number of halogens is 1. The third kappa shape index (κ3) is 4.75. The van der Waals surface area contributed by atoms with E-state index in [1.165, 1.54) is 0 Å². The summed E-state index contributed by atoms with van der Waals surface area (Å²) in [5.41, 5.74) is 6.80. The van der Waals surface area contributed by atoms with Gasteiger partial charge in [0.15, 0.2) is 0 Å². The Kier molecular flexibility index (Phi) is 5.44. The monoisotopic (exact) mass is 300 g/mol. The number of nitrogen functional groups attached to an aromatic ring is 1. The molecule has 17 heavy (non-hydrogen) atoms. The number of carbonyl (C=O) groups is 1. The van der Waals surface area contributed by atoms with Gasteiger partial charge in [-0.25, -0.2) is 0 Å². The van der Waals surface area contributed by atoms with Crippen LogP contribution in [0.3, 0.4) is 0 Å². The van der Waals surface area contributed by atoms with Crippen molar-refractivity contribution in [2.24, 2.45) is 0 Å². The quantitative estimate of drug-likeness (QED) is 0.819. The average molecular weight is 301 g/mol. The highest BCUT2D eigenvalue weighted by atomic mass is 79.9. The van der Waals surface area contributed by atoms with Crippen LogP contribution >= 0.6 is 15.9 Å². The molecule has 1 aromatic rings. The van der Waals surface area contributed by atoms with E-state index >= 15 is 0 Å². The van der Waals surface area contributed by atoms with E-state index in [0.29, 0.717) is 17.9 Å². The van der Waals surface area contributed by atoms with Crippen molar-refractivity contribution in [1.82, 2.24) is 5.32 Å². The highest BCUT2D eigenvalue weighted by Gasteiger charge is 2.10. The van der Waals surface area contributed by atoms with Gasteiger partial charge in [0, 0.05) is 35.5 Å². The topological polar surface area (TPSA) is 64.3 Å². The first-order valence-corrected chi connectivity index (χ1v) is 6.18. The predicted octanol–water partition coefficient (Wildman–Crippen LogP) is 2.19. The summed E-state index contributed by atoms with van der Waals surface area (Å²) in [6.45, 7) is 2.57. The number of anilines is 1. The van der Waals surface area contributed by atoms with Crippen molar-refractivity contribution >= 4 is 27.5 Å². The molecule has 0 aliphatic rings. The second-order valence-electron chi connectivity index (χ2n) is 3.93. The normalized spacial score (nSPS) is 12.2. The molecule has 0 saturated carbocycles. The van der Waals surface area contributed by atoms with Gasteiger partial charge in [-0.3, -0.25) is 4.79 Å². The summed E-state index contributed by atoms with van der Waals surface area (Å²) >= 11 is 3.31. The Morgan fingerprint density at radius 1 is 1.53 bits per heavy atom. The van der Waals surface area contributed by atoms with E-state index in [-0.39, 0.29) is 11.9 Å². The Morgan fingerprint density at radius 3 is 2.82 bits per heavy atom. The number of amides is 1. The fourth-order valence-electron chi connectivity index (χ4n) is 1.42. The lowest BCUT2D eigenvalue weighted by Crippen LogP contribution is -2.33. The van der Waals surface area contributed by atoms with Crippen molar-refractivity contribution in [2.45, 2.75) is 19.4 Å². The van der Waals surface area contributed by atoms with E-state index in [0.717, 1.165) is 10.9 Å². The molecule has 0 fully saturated rings. The molecule has 1 aromatic carbocycles. The summed E-state index contributed by atoms with van der Waals surface area (Å²) in [6, 6.07) is 5.23. The van der Waals surface area contributed by atoms with Gasteiger partial charge in [0.2, 0.25) is 0 Å². The minimum atomic E-state index is -0.124. The summed E-state index contributed by atoms with van der Waals surface area (Å²) in [6.07, 6.45) is 0.783. The molecule has 0 aromatic heterocycles. The molecular formula is C12H17BrN2O2. The van der Waals surface area contributed by atoms with Crippen LogP contribution in [0, 0.1) is 0 Å². The third-order valence-corrected chi connectivity index (χ3v) is 2.77. The first kappa shape index (κ1) is 14.0. The van der Waals surface area contributed by atoms with Crippen LogP contribution in [0.25, 0.3) is 0 Å². The molecule has 3 N–H and O–H groups in total. The number of nitrogens with one attached hydrogen (secondary N) is 1. The van der Waals surface area contributed by atoms with E-state index in [2.05, 4.69) is 21.2 Å². The molecule has 5 heteroatoms. The molecule has 0 saturated heterocycles. The number of nitrogens with two attached hydrogens (primary N) is 1. The number of methoxy groups -OCH3 is 1. The smallest absolute Gasteiger partial charge is 0.251 e. The van der Waals surface area contributed by atoms with Crippen LogP contribution < -0.4 is 11.1 Å². The van der Waals surface area contributed by atoms with Gasteiger partial charge in [-0.2, -0.15) is 0 Å². The van der Waals surface area contributed by atoms with Gasteiger partial charge >= 0.3 is 0 Å². The first-order chi connectivity index (χ1) is 8.02. The highest BCUT2D eigenvalue weighted by molar-refractivity contribution is 9.10. The van der Waals surface area contributed by atoms with Crippen LogP contribution in [0.5, 0.6) is 0 Å². The zero-order valence-corrected chi connectivity index (χ0v) is 11.6. The molecule has 0 spiro atoms. The largest absolute Gasteiger partial charge is 0.399 e. The van der Waals surface area contributed by atoms with Gasteiger partial charge in [0.05, 0.1) is 0 Å². The molecule has 1 atom stereocenters. The van der Waals surface area contributed by atoms with Crippen LogP contribution in [0.4, 0.5) is 5.69 Å². The van der Waals surface area contributed by atoms with Gasteiger partial charge in [0.1, 0.15) is 0 Å². The molecular weight excluding hydrogens is 284 g/mol. The van der Waals surface area contributed by atoms with Crippen molar-refractivity contribution in [3.63, 3.8) is 0 Å². The molecule has 94 valence electrons. The Bertz CT molecular complexity index is 376. The fourth-order valence-corrected chi connectivity index (χ4v) is 1.93. The van der Waals surface area contributed by atoms with E-state index in [1.807, 2.05) is 6.92 Å². The molecule has 0 aliphatic carbocycles. The molecule has 0 bridgehead atoms. The molecule has 1 amide bonds. The zero-order valence-electron chi connectivity index (χ0n) is 10.00. The van der Waals surface area contributed by atoms with Crippen molar-refractivity contribution in [3.8, 4) is 0 Å². The van der Waals surface area contributed by atoms with E-state index < -0.39 is 0 Å². The zero-order chi connectivity index (χ0) is 12.8. The Hall–Kier alpha value is -1.07. The number of ether oxygens (including phenoxy) is 1. The van der Waals surface area contributed by atoms with Gasteiger partial charge in [0.25, 0.3) is 5.91 Å². The van der Waals surface area contributed by atoms with Crippen molar-refractivity contribution in [3.05, 3.63) is 28.2 Å². The van der Waals surface area contributed by atoms with Crippen molar-refractivity contribution in [2.75, 3.05) is 19.5 Å². The lowest BCUT2D eigenvalue weighted by Gasteiger charge is -2.13. The molecule has 4 nitrogen and oxygen atoms in total. The summed E-state index contributed by atoms with van der Waals surface area (Å²) in [7, 11) is 1.64. The van der Waals surface area contributed by atoms with Crippen molar-refractivity contribution in [1.29, 1.82) is 0 Å². The van der Waals surface area contributed by atoms with Crippen LogP contribution in [-0.4, -0.2) is 25.7 Å². The Labute approximate surface area is 110 Å². The van der Waals surface area contributed by atoms with Gasteiger partial charge in [-0.15, -0.1) is 0 Å². The number of benzene rings is 1. The van der Waals surface area contributed by atoms with Gasteiger partial charge in [-0.05, 0) is 31.5 Å². The lowest BCUT2D eigenvalue weighted by molar-refractivity contribution is 0.0929. The third-order valence-electron chi connectivity index (χ3n) is 2.31. The maximum absolute atomic E-state index is 11.9. The maximum atomic E-state index is 11.9. The second-order valence-corrected chi connectivity index (χ2v) is 4.84. The highest BCUT2D eigenvalue weighted by Crippen LogP contribution is 2.17. The molecule has 1 unspecified atom stereocenters. The lowest BCUT2D eigenvalue weighted by atomic mass is 10.1. The Morgan fingerprint density at radius 2 is 2.24 bits per heavy atom. The summed E-state index contributed by atoms with van der Waals surface area (Å²) < 4.78 is 5.76. The van der Waals surface area contributed by atoms with E-state index in [9.17, 15) is 4.79 Å². The SMILES string of the molecule is COCCC(C)NC(=O)c1cc(N)cc(Br)c1. The number of hydrogen-bond acceptors (Lipinski definition) is 3. The molecule has 0 radical (unpaired) electrons. The van der Waals surface area contributed by atoms with Crippen LogP contribution in [0.15, 0.2) is 22.7 Å². The molecule has 0 heterocycles. The van der Waals surface area contributed by atoms with Gasteiger partial charge in [-0.1, -0.05) is 15.9 Å².